The summed E-state index contributed by atoms with van der Waals surface area (Å²) in [5.41, 5.74) is -0.361. The van der Waals surface area contributed by atoms with Crippen LogP contribution in [-0.4, -0.2) is 33.6 Å². The number of hydrogen-bond acceptors (Lipinski definition) is 6. The molecule has 3 heterocycles. The number of halogens is 3. The molecule has 1 aromatic carbocycles. The lowest BCUT2D eigenvalue weighted by molar-refractivity contribution is -0.137. The molecule has 4 aromatic rings. The number of benzene rings is 1. The van der Waals surface area contributed by atoms with Crippen LogP contribution >= 0.6 is 11.3 Å². The van der Waals surface area contributed by atoms with Crippen molar-refractivity contribution in [2.45, 2.75) is 20.0 Å². The molecule has 29 heavy (non-hydrogen) atoms. The van der Waals surface area contributed by atoms with Crippen molar-refractivity contribution in [1.82, 2.24) is 19.5 Å². The lowest BCUT2D eigenvalue weighted by Crippen LogP contribution is -2.18. The van der Waals surface area contributed by atoms with Crippen LogP contribution in [0.4, 0.5) is 19.0 Å². The van der Waals surface area contributed by atoms with Gasteiger partial charge in [-0.2, -0.15) is 13.2 Å². The number of hydrogen-bond donors (Lipinski definition) is 0. The molecule has 6 nitrogen and oxygen atoms in total. The highest BCUT2D eigenvalue weighted by Crippen LogP contribution is 2.34. The van der Waals surface area contributed by atoms with E-state index in [4.69, 9.17) is 0 Å². The number of nitrogens with zero attached hydrogens (tertiary/aromatic N) is 5. The minimum atomic E-state index is -4.43. The van der Waals surface area contributed by atoms with Crippen LogP contribution in [-0.2, 0) is 6.18 Å². The largest absolute Gasteiger partial charge is 0.416 e. The van der Waals surface area contributed by atoms with Crippen LogP contribution in [0, 0.1) is 0 Å². The van der Waals surface area contributed by atoms with Crippen molar-refractivity contribution in [3.05, 3.63) is 52.8 Å². The van der Waals surface area contributed by atoms with E-state index in [0.717, 1.165) is 12.1 Å². The van der Waals surface area contributed by atoms with Crippen LogP contribution in [0.5, 0.6) is 0 Å². The summed E-state index contributed by atoms with van der Waals surface area (Å²) in [7, 11) is 3.66. The maximum atomic E-state index is 12.9. The number of rotatable bonds is 2. The van der Waals surface area contributed by atoms with Crippen molar-refractivity contribution in [2.75, 3.05) is 19.0 Å². The second-order valence-corrected chi connectivity index (χ2v) is 7.02. The number of fused-ring (bicyclic) bond motifs is 3. The van der Waals surface area contributed by atoms with Crippen molar-refractivity contribution in [3.63, 3.8) is 0 Å². The van der Waals surface area contributed by atoms with Gasteiger partial charge < -0.3 is 4.90 Å². The molecule has 0 radical (unpaired) electrons. The summed E-state index contributed by atoms with van der Waals surface area (Å²) in [6.07, 6.45) is -1.70. The Hall–Kier alpha value is -3.01. The minimum Gasteiger partial charge on any atom is -0.362 e. The molecule has 152 valence electrons. The first-order chi connectivity index (χ1) is 13.8. The summed E-state index contributed by atoms with van der Waals surface area (Å²) >= 11 is 1.18. The molecule has 0 unspecified atom stereocenters. The maximum absolute atomic E-state index is 12.9. The van der Waals surface area contributed by atoms with Crippen molar-refractivity contribution in [1.29, 1.82) is 0 Å². The first kappa shape index (κ1) is 20.7. The molecule has 3 aromatic heterocycles. The minimum absolute atomic E-state index is 0.304. The number of aromatic nitrogens is 4. The van der Waals surface area contributed by atoms with Crippen molar-refractivity contribution >= 4 is 37.6 Å². The molecule has 0 aliphatic rings. The molecule has 0 atom stereocenters. The van der Waals surface area contributed by atoms with Crippen LogP contribution in [0.1, 0.15) is 19.4 Å². The number of alkyl halides is 3. The van der Waals surface area contributed by atoms with E-state index in [-0.39, 0.29) is 5.56 Å². The Bertz CT molecular complexity index is 1210. The zero-order valence-corrected chi connectivity index (χ0v) is 17.0. The van der Waals surface area contributed by atoms with Gasteiger partial charge in [0.2, 0.25) is 0 Å². The Morgan fingerprint density at radius 3 is 2.28 bits per heavy atom. The van der Waals surface area contributed by atoms with Gasteiger partial charge in [-0.3, -0.25) is 9.36 Å². The molecular weight excluding hydrogens is 403 g/mol. The van der Waals surface area contributed by atoms with Crippen LogP contribution in [0.15, 0.2) is 41.7 Å². The smallest absolute Gasteiger partial charge is 0.362 e. The predicted molar refractivity (Wildman–Crippen MR) is 109 cm³/mol. The van der Waals surface area contributed by atoms with E-state index in [1.54, 1.807) is 4.90 Å². The number of anilines is 1. The summed E-state index contributed by atoms with van der Waals surface area (Å²) < 4.78 is 39.8. The fourth-order valence-corrected chi connectivity index (χ4v) is 3.80. The van der Waals surface area contributed by atoms with Gasteiger partial charge in [0.15, 0.2) is 0 Å². The first-order valence-corrected chi connectivity index (χ1v) is 9.59. The Balaban J connectivity index is 0.00000117. The summed E-state index contributed by atoms with van der Waals surface area (Å²) in [5, 5.41) is 0.680. The third-order valence-corrected chi connectivity index (χ3v) is 5.13. The first-order valence-electron chi connectivity index (χ1n) is 8.77. The molecule has 0 aliphatic carbocycles. The van der Waals surface area contributed by atoms with Gasteiger partial charge in [0, 0.05) is 14.1 Å². The molecule has 0 spiro atoms. The normalized spacial score (nSPS) is 11.4. The van der Waals surface area contributed by atoms with E-state index < -0.39 is 11.7 Å². The summed E-state index contributed by atoms with van der Waals surface area (Å²) in [6.45, 7) is 4.00. The molecule has 0 aliphatic heterocycles. The fraction of sp³-hybridized carbons (Fsp3) is 0.263. The van der Waals surface area contributed by atoms with Gasteiger partial charge in [0.1, 0.15) is 33.5 Å². The molecule has 0 saturated carbocycles. The van der Waals surface area contributed by atoms with Gasteiger partial charge in [0.05, 0.1) is 16.6 Å². The molecular formula is C19H18F3N5OS. The topological polar surface area (TPSA) is 63.9 Å². The van der Waals surface area contributed by atoms with Crippen LogP contribution < -0.4 is 10.5 Å². The lowest BCUT2D eigenvalue weighted by Gasteiger charge is -2.11. The third-order valence-electron chi connectivity index (χ3n) is 4.05. The Labute approximate surface area is 168 Å². The zero-order chi connectivity index (χ0) is 21.3. The Kier molecular flexibility index (Phi) is 5.56. The molecule has 4 rings (SSSR count). The second-order valence-electron chi connectivity index (χ2n) is 6.02. The highest BCUT2D eigenvalue weighted by atomic mass is 32.1. The van der Waals surface area contributed by atoms with Gasteiger partial charge in [-0.15, -0.1) is 11.3 Å². The van der Waals surface area contributed by atoms with E-state index in [9.17, 15) is 18.0 Å². The number of thiophene rings is 1. The summed E-state index contributed by atoms with van der Waals surface area (Å²) in [5.74, 6) is 0.644. The lowest BCUT2D eigenvalue weighted by atomic mass is 10.2. The average Bonchev–Trinajstić information content (AvgIpc) is 3.09. The second kappa shape index (κ2) is 7.78. The van der Waals surface area contributed by atoms with Crippen molar-refractivity contribution in [3.8, 4) is 5.69 Å². The Morgan fingerprint density at radius 1 is 1.03 bits per heavy atom. The average molecular weight is 421 g/mol. The molecule has 0 fully saturated rings. The maximum Gasteiger partial charge on any atom is 0.416 e. The summed E-state index contributed by atoms with van der Waals surface area (Å²) in [6, 6.07) is 4.37. The highest BCUT2D eigenvalue weighted by Gasteiger charge is 2.30. The fourth-order valence-electron chi connectivity index (χ4n) is 2.78. The Morgan fingerprint density at radius 2 is 1.69 bits per heavy atom. The molecule has 0 N–H and O–H groups in total. The summed E-state index contributed by atoms with van der Waals surface area (Å²) in [4.78, 5) is 28.2. The van der Waals surface area contributed by atoms with Gasteiger partial charge in [-0.05, 0) is 24.3 Å². The van der Waals surface area contributed by atoms with E-state index in [1.807, 2.05) is 27.9 Å². The van der Waals surface area contributed by atoms with E-state index in [1.165, 1.54) is 40.7 Å². The molecule has 10 heteroatoms. The third kappa shape index (κ3) is 3.67. The van der Waals surface area contributed by atoms with E-state index in [2.05, 4.69) is 15.0 Å². The van der Waals surface area contributed by atoms with Crippen LogP contribution in [0.3, 0.4) is 0 Å². The van der Waals surface area contributed by atoms with E-state index in [0.29, 0.717) is 31.9 Å². The monoisotopic (exact) mass is 421 g/mol. The molecule has 0 amide bonds. The highest BCUT2D eigenvalue weighted by molar-refractivity contribution is 7.25. The van der Waals surface area contributed by atoms with Gasteiger partial charge in [-0.25, -0.2) is 15.0 Å². The van der Waals surface area contributed by atoms with Gasteiger partial charge in [0.25, 0.3) is 5.56 Å². The zero-order valence-electron chi connectivity index (χ0n) is 16.2. The van der Waals surface area contributed by atoms with Crippen molar-refractivity contribution in [2.24, 2.45) is 0 Å². The van der Waals surface area contributed by atoms with Gasteiger partial charge >= 0.3 is 6.18 Å². The predicted octanol–water partition coefficient (Wildman–Crippen LogP) is 4.50. The van der Waals surface area contributed by atoms with Crippen molar-refractivity contribution < 1.29 is 13.2 Å². The van der Waals surface area contributed by atoms with E-state index >= 15 is 0 Å². The van der Waals surface area contributed by atoms with Gasteiger partial charge in [-0.1, -0.05) is 13.8 Å². The van der Waals surface area contributed by atoms with Crippen LogP contribution in [0.2, 0.25) is 0 Å². The SMILES string of the molecule is CC.CN(C)c1ncnc2sc3c(=O)n(-c4ccc(C(F)(F)F)cc4)cnc3c12. The molecule has 0 bridgehead atoms. The van der Waals surface area contributed by atoms with Crippen LogP contribution in [0.25, 0.3) is 26.1 Å². The standard InChI is InChI=1S/C17H12F3N5OS.C2H6/c1-24(2)14-11-12-13(27-15(11)22-7-21-14)16(26)25(8-23-12)10-5-3-9(4-6-10)17(18,19)20;1-2/h3-8H,1-2H3;1-2H3. The molecule has 0 saturated heterocycles. The quantitative estimate of drug-likeness (QED) is 0.477.